The Morgan fingerprint density at radius 3 is 2.73 bits per heavy atom. The lowest BCUT2D eigenvalue weighted by atomic mass is 10.0. The molecule has 1 heterocycles. The van der Waals surface area contributed by atoms with Gasteiger partial charge in [-0.05, 0) is 49.5 Å². The van der Waals surface area contributed by atoms with Crippen LogP contribution in [-0.4, -0.2) is 24.2 Å². The predicted molar refractivity (Wildman–Crippen MR) is 63.6 cm³/mol. The lowest BCUT2D eigenvalue weighted by Gasteiger charge is -2.17. The third-order valence-corrected chi connectivity index (χ3v) is 3.15. The molecule has 2 rings (SSSR count). The van der Waals surface area contributed by atoms with Crippen molar-refractivity contribution in [2.24, 2.45) is 0 Å². The van der Waals surface area contributed by atoms with Gasteiger partial charge in [0.1, 0.15) is 0 Å². The molecular formula is C13H18N2. The SMILES string of the molecule is Cc1cccc(CN2CCCC2)c1C=N. The van der Waals surface area contributed by atoms with Gasteiger partial charge in [-0.25, -0.2) is 0 Å². The van der Waals surface area contributed by atoms with Crippen molar-refractivity contribution < 1.29 is 0 Å². The van der Waals surface area contributed by atoms with Gasteiger partial charge in [-0.15, -0.1) is 0 Å². The van der Waals surface area contributed by atoms with Crippen molar-refractivity contribution in [2.75, 3.05) is 13.1 Å². The summed E-state index contributed by atoms with van der Waals surface area (Å²) in [5, 5.41) is 7.46. The minimum absolute atomic E-state index is 1.01. The molecule has 0 saturated carbocycles. The molecule has 1 N–H and O–H groups in total. The van der Waals surface area contributed by atoms with E-state index in [0.717, 1.165) is 12.1 Å². The molecule has 1 aliphatic rings. The van der Waals surface area contributed by atoms with Crippen LogP contribution >= 0.6 is 0 Å². The lowest BCUT2D eigenvalue weighted by molar-refractivity contribution is 0.331. The van der Waals surface area contributed by atoms with Gasteiger partial charge in [0, 0.05) is 12.8 Å². The Balaban J connectivity index is 2.19. The number of nitrogens with one attached hydrogen (secondary N) is 1. The van der Waals surface area contributed by atoms with Gasteiger partial charge in [-0.3, -0.25) is 4.90 Å². The quantitative estimate of drug-likeness (QED) is 0.749. The molecule has 1 aromatic rings. The van der Waals surface area contributed by atoms with Crippen molar-refractivity contribution in [3.05, 3.63) is 34.9 Å². The van der Waals surface area contributed by atoms with Crippen LogP contribution in [0.25, 0.3) is 0 Å². The summed E-state index contributed by atoms with van der Waals surface area (Å²) in [5.41, 5.74) is 3.61. The molecule has 0 aromatic heterocycles. The van der Waals surface area contributed by atoms with Crippen molar-refractivity contribution >= 4 is 6.21 Å². The zero-order valence-corrected chi connectivity index (χ0v) is 9.29. The van der Waals surface area contributed by atoms with Crippen LogP contribution in [0.15, 0.2) is 18.2 Å². The number of rotatable bonds is 3. The topological polar surface area (TPSA) is 27.1 Å². The van der Waals surface area contributed by atoms with E-state index < -0.39 is 0 Å². The van der Waals surface area contributed by atoms with Crippen molar-refractivity contribution in [1.82, 2.24) is 4.90 Å². The number of aryl methyl sites for hydroxylation is 1. The summed E-state index contributed by atoms with van der Waals surface area (Å²) >= 11 is 0. The van der Waals surface area contributed by atoms with E-state index in [1.807, 2.05) is 0 Å². The van der Waals surface area contributed by atoms with Crippen molar-refractivity contribution in [1.29, 1.82) is 5.41 Å². The van der Waals surface area contributed by atoms with Gasteiger partial charge in [-0.2, -0.15) is 0 Å². The molecule has 0 aliphatic carbocycles. The van der Waals surface area contributed by atoms with Crippen LogP contribution < -0.4 is 0 Å². The number of hydrogen-bond acceptors (Lipinski definition) is 2. The Morgan fingerprint density at radius 2 is 2.07 bits per heavy atom. The normalized spacial score (nSPS) is 16.9. The Hall–Kier alpha value is -1.15. The maximum Gasteiger partial charge on any atom is 0.0256 e. The molecule has 0 amide bonds. The van der Waals surface area contributed by atoms with Crippen LogP contribution in [0.2, 0.25) is 0 Å². The first kappa shape index (κ1) is 10.4. The van der Waals surface area contributed by atoms with Gasteiger partial charge in [0.05, 0.1) is 0 Å². The standard InChI is InChI=1S/C13H18N2/c1-11-5-4-6-12(13(11)9-14)10-15-7-2-3-8-15/h4-6,9,14H,2-3,7-8,10H2,1H3. The molecule has 0 radical (unpaired) electrons. The average Bonchev–Trinajstić information content (AvgIpc) is 2.71. The molecule has 15 heavy (non-hydrogen) atoms. The van der Waals surface area contributed by atoms with Crippen LogP contribution in [0.4, 0.5) is 0 Å². The monoisotopic (exact) mass is 202 g/mol. The lowest BCUT2D eigenvalue weighted by Crippen LogP contribution is -2.19. The minimum atomic E-state index is 1.01. The van der Waals surface area contributed by atoms with Crippen LogP contribution in [0.5, 0.6) is 0 Å². The van der Waals surface area contributed by atoms with Gasteiger partial charge >= 0.3 is 0 Å². The maximum absolute atomic E-state index is 7.46. The molecule has 0 atom stereocenters. The van der Waals surface area contributed by atoms with Crippen molar-refractivity contribution in [2.45, 2.75) is 26.3 Å². The summed E-state index contributed by atoms with van der Waals surface area (Å²) in [6, 6.07) is 6.31. The van der Waals surface area contributed by atoms with Gasteiger partial charge in [0.25, 0.3) is 0 Å². The van der Waals surface area contributed by atoms with Crippen LogP contribution in [0, 0.1) is 12.3 Å². The Bertz CT molecular complexity index is 352. The van der Waals surface area contributed by atoms with Gasteiger partial charge in [0.2, 0.25) is 0 Å². The van der Waals surface area contributed by atoms with Gasteiger partial charge in [-0.1, -0.05) is 18.2 Å². The number of hydrogen-bond donors (Lipinski definition) is 1. The fraction of sp³-hybridized carbons (Fsp3) is 0.462. The average molecular weight is 202 g/mol. The van der Waals surface area contributed by atoms with Crippen molar-refractivity contribution in [3.8, 4) is 0 Å². The maximum atomic E-state index is 7.46. The fourth-order valence-corrected chi connectivity index (χ4v) is 2.27. The molecule has 0 spiro atoms. The third-order valence-electron chi connectivity index (χ3n) is 3.15. The van der Waals surface area contributed by atoms with Gasteiger partial charge in [0.15, 0.2) is 0 Å². The van der Waals surface area contributed by atoms with E-state index in [4.69, 9.17) is 5.41 Å². The first-order valence-corrected chi connectivity index (χ1v) is 5.62. The summed E-state index contributed by atoms with van der Waals surface area (Å²) in [5.74, 6) is 0. The highest BCUT2D eigenvalue weighted by Crippen LogP contribution is 2.17. The van der Waals surface area contributed by atoms with Crippen molar-refractivity contribution in [3.63, 3.8) is 0 Å². The van der Waals surface area contributed by atoms with Crippen LogP contribution in [0.3, 0.4) is 0 Å². The van der Waals surface area contributed by atoms with E-state index in [0.29, 0.717) is 0 Å². The number of nitrogens with zero attached hydrogens (tertiary/aromatic N) is 1. The molecule has 1 aromatic carbocycles. The first-order chi connectivity index (χ1) is 7.31. The highest BCUT2D eigenvalue weighted by molar-refractivity contribution is 5.81. The van der Waals surface area contributed by atoms with Crippen LogP contribution in [-0.2, 0) is 6.54 Å². The second kappa shape index (κ2) is 4.58. The number of benzene rings is 1. The zero-order valence-electron chi connectivity index (χ0n) is 9.29. The molecule has 2 heteroatoms. The van der Waals surface area contributed by atoms with E-state index in [9.17, 15) is 0 Å². The Labute approximate surface area is 91.4 Å². The number of likely N-dealkylation sites (tertiary alicyclic amines) is 1. The van der Waals surface area contributed by atoms with E-state index in [1.54, 1.807) is 0 Å². The zero-order chi connectivity index (χ0) is 10.7. The smallest absolute Gasteiger partial charge is 0.0256 e. The molecule has 2 nitrogen and oxygen atoms in total. The van der Waals surface area contributed by atoms with E-state index in [2.05, 4.69) is 30.0 Å². The van der Waals surface area contributed by atoms with E-state index >= 15 is 0 Å². The van der Waals surface area contributed by atoms with Crippen LogP contribution in [0.1, 0.15) is 29.5 Å². The molecular weight excluding hydrogens is 184 g/mol. The fourth-order valence-electron chi connectivity index (χ4n) is 2.27. The van der Waals surface area contributed by atoms with E-state index in [-0.39, 0.29) is 0 Å². The summed E-state index contributed by atoms with van der Waals surface area (Å²) in [4.78, 5) is 2.47. The molecule has 1 fully saturated rings. The second-order valence-electron chi connectivity index (χ2n) is 4.28. The first-order valence-electron chi connectivity index (χ1n) is 5.62. The molecule has 0 unspecified atom stereocenters. The Morgan fingerprint density at radius 1 is 1.33 bits per heavy atom. The molecule has 80 valence electrons. The molecule has 1 saturated heterocycles. The Kier molecular flexibility index (Phi) is 3.17. The summed E-state index contributed by atoms with van der Waals surface area (Å²) in [7, 11) is 0. The predicted octanol–water partition coefficient (Wildman–Crippen LogP) is 2.59. The highest BCUT2D eigenvalue weighted by Gasteiger charge is 2.13. The highest BCUT2D eigenvalue weighted by atomic mass is 15.1. The second-order valence-corrected chi connectivity index (χ2v) is 4.28. The van der Waals surface area contributed by atoms with Gasteiger partial charge < -0.3 is 5.41 Å². The summed E-state index contributed by atoms with van der Waals surface area (Å²) in [6.45, 7) is 5.51. The molecule has 1 aliphatic heterocycles. The third kappa shape index (κ3) is 2.26. The van der Waals surface area contributed by atoms with E-state index in [1.165, 1.54) is 43.3 Å². The largest absolute Gasteiger partial charge is 0.308 e. The minimum Gasteiger partial charge on any atom is -0.308 e. The summed E-state index contributed by atoms with van der Waals surface area (Å²) in [6.07, 6.45) is 4.14. The summed E-state index contributed by atoms with van der Waals surface area (Å²) < 4.78 is 0. The molecule has 0 bridgehead atoms.